The molecule has 3 rings (SSSR count). The van der Waals surface area contributed by atoms with Crippen molar-refractivity contribution in [2.75, 3.05) is 6.61 Å². The first-order valence-corrected chi connectivity index (χ1v) is 6.69. The maximum Gasteiger partial charge on any atom is 0.321 e. The molecule has 0 N–H and O–H groups in total. The van der Waals surface area contributed by atoms with Gasteiger partial charge in [0.25, 0.3) is 0 Å². The van der Waals surface area contributed by atoms with E-state index in [0.29, 0.717) is 12.6 Å². The molecule has 4 heteroatoms. The van der Waals surface area contributed by atoms with Crippen LogP contribution in [0.1, 0.15) is 37.2 Å². The van der Waals surface area contributed by atoms with Crippen molar-refractivity contribution in [1.82, 2.24) is 14.8 Å². The zero-order valence-electron chi connectivity index (χ0n) is 11.3. The number of benzene rings is 1. The molecular weight excluding hydrogens is 238 g/mol. The van der Waals surface area contributed by atoms with Gasteiger partial charge in [-0.05, 0) is 30.5 Å². The Hall–Kier alpha value is -2.10. The van der Waals surface area contributed by atoms with E-state index in [4.69, 9.17) is 4.74 Å². The first-order chi connectivity index (χ1) is 9.33. The largest absolute Gasteiger partial charge is 0.464 e. The molecule has 2 aromatic rings. The van der Waals surface area contributed by atoms with Crippen LogP contribution in [0.2, 0.25) is 0 Å². The summed E-state index contributed by atoms with van der Waals surface area (Å²) in [5, 5.41) is 8.43. The van der Waals surface area contributed by atoms with E-state index in [9.17, 15) is 0 Å². The topological polar surface area (TPSA) is 39.9 Å². The van der Waals surface area contributed by atoms with Crippen LogP contribution < -0.4 is 4.74 Å². The van der Waals surface area contributed by atoms with E-state index in [2.05, 4.69) is 47.5 Å². The van der Waals surface area contributed by atoms with Gasteiger partial charge in [-0.3, -0.25) is 4.57 Å². The lowest BCUT2D eigenvalue weighted by atomic mass is 10.0. The number of rotatable bonds is 3. The summed E-state index contributed by atoms with van der Waals surface area (Å²) in [6, 6.07) is 9.01. The third kappa shape index (κ3) is 2.03. The summed E-state index contributed by atoms with van der Waals surface area (Å²) in [6.45, 7) is 4.70. The summed E-state index contributed by atoms with van der Waals surface area (Å²) in [5.74, 6) is 0.946. The standard InChI is InChI=1S/C15H17N3O/c1-3-13-9-11-7-5-6-8-12(11)10-14-16-17-15(18(13)14)19-4-2/h5-9H,3-4,10H2,1-2H3. The van der Waals surface area contributed by atoms with E-state index in [1.54, 1.807) is 0 Å². The number of aromatic nitrogens is 3. The average molecular weight is 255 g/mol. The number of ether oxygens (including phenoxy) is 1. The molecule has 0 saturated heterocycles. The molecule has 19 heavy (non-hydrogen) atoms. The van der Waals surface area contributed by atoms with Gasteiger partial charge in [0, 0.05) is 12.1 Å². The minimum atomic E-state index is 0.596. The van der Waals surface area contributed by atoms with Crippen LogP contribution in [0, 0.1) is 0 Å². The Labute approximate surface area is 112 Å². The first kappa shape index (κ1) is 12.0. The van der Waals surface area contributed by atoms with Crippen molar-refractivity contribution < 1.29 is 4.74 Å². The molecule has 2 heterocycles. The van der Waals surface area contributed by atoms with E-state index in [-0.39, 0.29) is 0 Å². The Morgan fingerprint density at radius 1 is 1.21 bits per heavy atom. The zero-order valence-corrected chi connectivity index (χ0v) is 11.3. The Morgan fingerprint density at radius 3 is 2.84 bits per heavy atom. The fraction of sp³-hybridized carbons (Fsp3) is 0.333. The van der Waals surface area contributed by atoms with Gasteiger partial charge in [-0.2, -0.15) is 0 Å². The lowest BCUT2D eigenvalue weighted by Crippen LogP contribution is -2.05. The van der Waals surface area contributed by atoms with E-state index >= 15 is 0 Å². The van der Waals surface area contributed by atoms with Crippen LogP contribution >= 0.6 is 0 Å². The molecule has 0 fully saturated rings. The molecule has 0 spiro atoms. The molecule has 1 aliphatic rings. The highest BCUT2D eigenvalue weighted by molar-refractivity contribution is 5.74. The van der Waals surface area contributed by atoms with Crippen molar-refractivity contribution in [1.29, 1.82) is 0 Å². The second-order valence-electron chi connectivity index (χ2n) is 4.53. The molecule has 1 aromatic heterocycles. The molecule has 1 aromatic carbocycles. The number of hydrogen-bond acceptors (Lipinski definition) is 3. The maximum absolute atomic E-state index is 5.58. The minimum Gasteiger partial charge on any atom is -0.464 e. The van der Waals surface area contributed by atoms with Gasteiger partial charge < -0.3 is 4.74 Å². The van der Waals surface area contributed by atoms with Gasteiger partial charge in [0.1, 0.15) is 5.82 Å². The van der Waals surface area contributed by atoms with E-state index in [1.165, 1.54) is 16.8 Å². The normalized spacial score (nSPS) is 13.3. The predicted molar refractivity (Wildman–Crippen MR) is 74.9 cm³/mol. The lowest BCUT2D eigenvalue weighted by molar-refractivity contribution is 0.306. The van der Waals surface area contributed by atoms with Gasteiger partial charge >= 0.3 is 6.01 Å². The zero-order chi connectivity index (χ0) is 13.2. The van der Waals surface area contributed by atoms with Crippen LogP contribution in [-0.4, -0.2) is 21.4 Å². The smallest absolute Gasteiger partial charge is 0.321 e. The highest BCUT2D eigenvalue weighted by Crippen LogP contribution is 2.29. The van der Waals surface area contributed by atoms with Crippen LogP contribution in [-0.2, 0) is 6.42 Å². The molecule has 0 amide bonds. The van der Waals surface area contributed by atoms with Crippen molar-refractivity contribution in [2.45, 2.75) is 26.7 Å². The van der Waals surface area contributed by atoms with E-state index in [0.717, 1.165) is 18.7 Å². The van der Waals surface area contributed by atoms with Gasteiger partial charge in [0.2, 0.25) is 0 Å². The first-order valence-electron chi connectivity index (χ1n) is 6.69. The molecule has 0 bridgehead atoms. The molecule has 0 radical (unpaired) electrons. The van der Waals surface area contributed by atoms with E-state index < -0.39 is 0 Å². The van der Waals surface area contributed by atoms with Crippen molar-refractivity contribution in [3.63, 3.8) is 0 Å². The molecular formula is C15H17N3O. The Bertz CT molecular complexity index is 628. The Kier molecular flexibility index (Phi) is 3.07. The molecule has 0 saturated carbocycles. The number of nitrogens with zero attached hydrogens (tertiary/aromatic N) is 3. The van der Waals surface area contributed by atoms with Gasteiger partial charge in [0.05, 0.1) is 6.61 Å². The number of allylic oxidation sites excluding steroid dienone is 1. The third-order valence-corrected chi connectivity index (χ3v) is 3.35. The second-order valence-corrected chi connectivity index (χ2v) is 4.53. The van der Waals surface area contributed by atoms with Crippen LogP contribution in [0.5, 0.6) is 6.01 Å². The Morgan fingerprint density at radius 2 is 2.05 bits per heavy atom. The molecule has 4 nitrogen and oxygen atoms in total. The SMILES string of the molecule is CCOc1nnc2n1C(CC)=Cc1ccccc1C2. The van der Waals surface area contributed by atoms with Gasteiger partial charge in [-0.25, -0.2) is 0 Å². The highest BCUT2D eigenvalue weighted by atomic mass is 16.5. The number of fused-ring (bicyclic) bond motifs is 2. The van der Waals surface area contributed by atoms with Crippen molar-refractivity contribution in [3.05, 3.63) is 41.2 Å². The monoisotopic (exact) mass is 255 g/mol. The quantitative estimate of drug-likeness (QED) is 0.846. The van der Waals surface area contributed by atoms with Crippen LogP contribution in [0.25, 0.3) is 11.8 Å². The van der Waals surface area contributed by atoms with Gasteiger partial charge in [-0.1, -0.05) is 36.3 Å². The molecule has 0 atom stereocenters. The lowest BCUT2D eigenvalue weighted by Gasteiger charge is -2.10. The minimum absolute atomic E-state index is 0.596. The summed E-state index contributed by atoms with van der Waals surface area (Å²) in [7, 11) is 0. The van der Waals surface area contributed by atoms with Crippen molar-refractivity contribution in [3.8, 4) is 6.01 Å². The fourth-order valence-electron chi connectivity index (χ4n) is 2.44. The van der Waals surface area contributed by atoms with Crippen LogP contribution in [0.3, 0.4) is 0 Å². The third-order valence-electron chi connectivity index (χ3n) is 3.35. The maximum atomic E-state index is 5.58. The molecule has 1 aliphatic heterocycles. The number of hydrogen-bond donors (Lipinski definition) is 0. The molecule has 98 valence electrons. The summed E-state index contributed by atoms with van der Waals surface area (Å²) in [5.41, 5.74) is 3.71. The molecule has 0 unspecified atom stereocenters. The highest BCUT2D eigenvalue weighted by Gasteiger charge is 2.20. The second kappa shape index (κ2) is 4.88. The van der Waals surface area contributed by atoms with E-state index in [1.807, 2.05) is 11.5 Å². The van der Waals surface area contributed by atoms with Crippen molar-refractivity contribution >= 4 is 11.8 Å². The van der Waals surface area contributed by atoms with Crippen molar-refractivity contribution in [2.24, 2.45) is 0 Å². The summed E-state index contributed by atoms with van der Waals surface area (Å²) >= 11 is 0. The summed E-state index contributed by atoms with van der Waals surface area (Å²) in [4.78, 5) is 0. The molecule has 0 aliphatic carbocycles. The summed E-state index contributed by atoms with van der Waals surface area (Å²) < 4.78 is 7.62. The predicted octanol–water partition coefficient (Wildman–Crippen LogP) is 2.99. The van der Waals surface area contributed by atoms with Crippen LogP contribution in [0.4, 0.5) is 0 Å². The van der Waals surface area contributed by atoms with Gasteiger partial charge in [0.15, 0.2) is 0 Å². The van der Waals surface area contributed by atoms with Gasteiger partial charge in [-0.15, -0.1) is 5.10 Å². The fourth-order valence-corrected chi connectivity index (χ4v) is 2.44. The Balaban J connectivity index is 2.16. The van der Waals surface area contributed by atoms with Crippen LogP contribution in [0.15, 0.2) is 24.3 Å². The summed E-state index contributed by atoms with van der Waals surface area (Å²) in [6.07, 6.45) is 3.91. The average Bonchev–Trinajstić information content (AvgIpc) is 2.73.